The van der Waals surface area contributed by atoms with Crippen molar-refractivity contribution in [3.8, 4) is 22.5 Å². The van der Waals surface area contributed by atoms with Crippen LogP contribution in [0.25, 0.3) is 40.3 Å². The molecule has 0 spiro atoms. The predicted octanol–water partition coefficient (Wildman–Crippen LogP) is 6.73. The number of nitrogen functional groups attached to an aromatic ring is 1. The van der Waals surface area contributed by atoms with Gasteiger partial charge < -0.3 is 15.9 Å². The number of para-hydroxylation sites is 1. The molecule has 1 aromatic heterocycles. The monoisotopic (exact) mass is 626 g/mol. The topological polar surface area (TPSA) is 65.2 Å². The highest BCUT2D eigenvalue weighted by molar-refractivity contribution is 6.96. The zero-order valence-corrected chi connectivity index (χ0v) is 28.2. The van der Waals surface area contributed by atoms with Crippen LogP contribution in [0.15, 0.2) is 132 Å². The van der Waals surface area contributed by atoms with Crippen molar-refractivity contribution in [3.05, 3.63) is 161 Å². The zero-order valence-electron chi connectivity index (χ0n) is 28.2. The highest BCUT2D eigenvalue weighted by Gasteiger charge is 2.25. The van der Waals surface area contributed by atoms with E-state index in [9.17, 15) is 0 Å². The average Bonchev–Trinajstić information content (AvgIpc) is 3.46. The summed E-state index contributed by atoms with van der Waals surface area (Å²) in [5.41, 5.74) is 26.6. The SMILES string of the molecule is C=C(/C=c1/c(CCC)c(-c2ccccc2N)o/c1=C/N)c1cccc(-c2ccc(B(c3ccccc3C)c3ccccc3CC)cc2)c1. The van der Waals surface area contributed by atoms with E-state index in [1.807, 2.05) is 24.3 Å². The van der Waals surface area contributed by atoms with E-state index in [1.54, 1.807) is 0 Å². The molecule has 4 heteroatoms. The number of benzene rings is 5. The summed E-state index contributed by atoms with van der Waals surface area (Å²) < 4.78 is 6.33. The number of hydrogen-bond acceptors (Lipinski definition) is 3. The van der Waals surface area contributed by atoms with Crippen LogP contribution in [0.4, 0.5) is 5.69 Å². The summed E-state index contributed by atoms with van der Waals surface area (Å²) in [6, 6.07) is 43.0. The van der Waals surface area contributed by atoms with Gasteiger partial charge in [-0.1, -0.05) is 157 Å². The van der Waals surface area contributed by atoms with E-state index >= 15 is 0 Å². The van der Waals surface area contributed by atoms with Crippen molar-refractivity contribution in [1.29, 1.82) is 0 Å². The van der Waals surface area contributed by atoms with Gasteiger partial charge in [0.15, 0.2) is 5.42 Å². The van der Waals surface area contributed by atoms with E-state index in [0.29, 0.717) is 11.1 Å². The lowest BCUT2D eigenvalue weighted by molar-refractivity contribution is 0.542. The maximum Gasteiger partial charge on any atom is 0.241 e. The summed E-state index contributed by atoms with van der Waals surface area (Å²) >= 11 is 0. The molecule has 0 fully saturated rings. The Morgan fingerprint density at radius 3 is 2.21 bits per heavy atom. The third kappa shape index (κ3) is 6.52. The molecule has 6 aromatic rings. The van der Waals surface area contributed by atoms with Crippen molar-refractivity contribution in [3.63, 3.8) is 0 Å². The molecule has 0 radical (unpaired) electrons. The molecule has 4 N–H and O–H groups in total. The number of anilines is 1. The van der Waals surface area contributed by atoms with Gasteiger partial charge in [-0.25, -0.2) is 0 Å². The molecule has 1 heterocycles. The van der Waals surface area contributed by atoms with Crippen LogP contribution in [0.1, 0.15) is 42.5 Å². The number of allylic oxidation sites excluding steroid dienone is 1. The summed E-state index contributed by atoms with van der Waals surface area (Å²) in [5, 5.41) is 0.951. The second kappa shape index (κ2) is 14.5. The lowest BCUT2D eigenvalue weighted by Gasteiger charge is -2.21. The van der Waals surface area contributed by atoms with Crippen LogP contribution in [0.2, 0.25) is 0 Å². The fourth-order valence-electron chi connectivity index (χ4n) is 6.80. The summed E-state index contributed by atoms with van der Waals surface area (Å²) in [6.45, 7) is 11.3. The number of rotatable bonds is 10. The first-order valence-corrected chi connectivity index (χ1v) is 16.9. The minimum absolute atomic E-state index is 0.161. The van der Waals surface area contributed by atoms with Crippen LogP contribution in [0, 0.1) is 6.92 Å². The van der Waals surface area contributed by atoms with Crippen molar-refractivity contribution in [1.82, 2.24) is 0 Å². The maximum absolute atomic E-state index is 6.36. The quantitative estimate of drug-likeness (QED) is 0.131. The van der Waals surface area contributed by atoms with Gasteiger partial charge in [0, 0.05) is 28.2 Å². The van der Waals surface area contributed by atoms with Gasteiger partial charge in [-0.15, -0.1) is 0 Å². The Hall–Kier alpha value is -5.48. The molecule has 48 heavy (non-hydrogen) atoms. The van der Waals surface area contributed by atoms with Gasteiger partial charge in [0.05, 0.1) is 0 Å². The van der Waals surface area contributed by atoms with Crippen molar-refractivity contribution in [2.75, 3.05) is 5.73 Å². The molecule has 0 saturated carbocycles. The zero-order chi connectivity index (χ0) is 33.6. The van der Waals surface area contributed by atoms with Crippen LogP contribution in [-0.4, -0.2) is 6.71 Å². The van der Waals surface area contributed by atoms with Crippen LogP contribution in [0.3, 0.4) is 0 Å². The number of hydrogen-bond donors (Lipinski definition) is 2. The highest BCUT2D eigenvalue weighted by Crippen LogP contribution is 2.28. The predicted molar refractivity (Wildman–Crippen MR) is 207 cm³/mol. The van der Waals surface area contributed by atoms with Crippen LogP contribution < -0.4 is 38.5 Å². The molecule has 0 amide bonds. The Morgan fingerprint density at radius 1 is 0.792 bits per heavy atom. The molecule has 3 nitrogen and oxygen atoms in total. The third-order valence-electron chi connectivity index (χ3n) is 9.31. The molecule has 0 saturated heterocycles. The van der Waals surface area contributed by atoms with E-state index in [1.165, 1.54) is 33.7 Å². The second-order valence-corrected chi connectivity index (χ2v) is 12.4. The minimum atomic E-state index is 0.161. The standard InChI is InChI=1S/C44H43BN2O/c1-5-14-37-39(43(29-46)48-44(37)38-19-9-12-22-42(38)47)27-31(4)34-17-13-18-35(28-34)33-23-25-36(26-24-33)45(40-20-10-7-15-30(40)3)41-21-11-8-16-32(41)6-2/h7-13,15-29H,4-6,14,46-47H2,1-3H3/b39-27-,43-29+. The first-order chi connectivity index (χ1) is 23.4. The third-order valence-corrected chi connectivity index (χ3v) is 9.31. The first-order valence-electron chi connectivity index (χ1n) is 16.9. The maximum atomic E-state index is 6.36. The Balaban J connectivity index is 1.37. The summed E-state index contributed by atoms with van der Waals surface area (Å²) in [4.78, 5) is 0. The Bertz CT molecular complexity index is 2190. The molecule has 5 aromatic carbocycles. The van der Waals surface area contributed by atoms with E-state index in [0.717, 1.165) is 63.6 Å². The number of aryl methyl sites for hydroxylation is 2. The van der Waals surface area contributed by atoms with Gasteiger partial charge in [0.25, 0.3) is 0 Å². The van der Waals surface area contributed by atoms with E-state index in [2.05, 4.69) is 130 Å². The van der Waals surface area contributed by atoms with Gasteiger partial charge in [-0.05, 0) is 66.3 Å². The van der Waals surface area contributed by atoms with Crippen molar-refractivity contribution < 1.29 is 4.42 Å². The largest absolute Gasteiger partial charge is 0.454 e. The highest BCUT2D eigenvalue weighted by atomic mass is 16.3. The van der Waals surface area contributed by atoms with Crippen molar-refractivity contribution in [2.24, 2.45) is 5.73 Å². The summed E-state index contributed by atoms with van der Waals surface area (Å²) in [5.74, 6) is 0.769. The normalized spacial score (nSPS) is 12.0. The fourth-order valence-corrected chi connectivity index (χ4v) is 6.80. The lowest BCUT2D eigenvalue weighted by atomic mass is 9.35. The van der Waals surface area contributed by atoms with E-state index in [-0.39, 0.29) is 6.71 Å². The number of nitrogens with two attached hydrogens (primary N) is 2. The smallest absolute Gasteiger partial charge is 0.241 e. The molecular formula is C44H43BN2O. The Labute approximate surface area is 285 Å². The molecule has 6 rings (SSSR count). The van der Waals surface area contributed by atoms with Crippen molar-refractivity contribution in [2.45, 2.75) is 40.0 Å². The molecular weight excluding hydrogens is 583 g/mol. The van der Waals surface area contributed by atoms with Gasteiger partial charge in [0.2, 0.25) is 6.71 Å². The molecule has 0 aliphatic heterocycles. The first kappa shape index (κ1) is 32.5. The lowest BCUT2D eigenvalue weighted by Crippen LogP contribution is -2.54. The van der Waals surface area contributed by atoms with Crippen molar-refractivity contribution >= 4 is 46.6 Å². The second-order valence-electron chi connectivity index (χ2n) is 12.4. The van der Waals surface area contributed by atoms with Crippen LogP contribution in [-0.2, 0) is 12.8 Å². The van der Waals surface area contributed by atoms with Gasteiger partial charge >= 0.3 is 0 Å². The van der Waals surface area contributed by atoms with Crippen LogP contribution in [0.5, 0.6) is 0 Å². The molecule has 0 unspecified atom stereocenters. The van der Waals surface area contributed by atoms with E-state index in [4.69, 9.17) is 15.9 Å². The minimum Gasteiger partial charge on any atom is -0.454 e. The molecule has 0 aliphatic carbocycles. The van der Waals surface area contributed by atoms with Gasteiger partial charge in [-0.2, -0.15) is 0 Å². The summed E-state index contributed by atoms with van der Waals surface area (Å²) in [7, 11) is 0. The fraction of sp³-hybridized carbons (Fsp3) is 0.136. The van der Waals surface area contributed by atoms with Crippen LogP contribution >= 0.6 is 0 Å². The molecule has 0 bridgehead atoms. The summed E-state index contributed by atoms with van der Waals surface area (Å²) in [6.07, 6.45) is 6.41. The van der Waals surface area contributed by atoms with Gasteiger partial charge in [-0.3, -0.25) is 0 Å². The van der Waals surface area contributed by atoms with Gasteiger partial charge in [0.1, 0.15) is 5.76 Å². The van der Waals surface area contributed by atoms with E-state index < -0.39 is 0 Å². The average molecular weight is 627 g/mol. The Kier molecular flexibility index (Phi) is 9.82. The molecule has 0 aliphatic rings. The Morgan fingerprint density at radius 2 is 1.50 bits per heavy atom. The molecule has 0 atom stereocenters. The number of furan rings is 1. The molecule has 238 valence electrons.